The number of aromatic hydroxyl groups is 3. The van der Waals surface area contributed by atoms with Crippen LogP contribution in [0.3, 0.4) is 0 Å². The number of nitriles is 1. The summed E-state index contributed by atoms with van der Waals surface area (Å²) >= 11 is 0. The standard InChI is InChI=1S/C14H17NO6.C12H15NO5.C9H7NO4.C5H10.C4H11BO2.C4H8.C3H6O2.C2H6.3CH4.2W.2Y/c1-2-12(17)15-5-6-21-13(18)8-9-3-4-11(16)10(7-9)14(19)20;1-17-12(16)9-6-8(2-3-10(9)14)7-11(15)18-5-4-13;1-13-9(12)7-4-6(14-5-10)2-3-8(7)11;1-3-5-4-2;1-5(7)3-2-4-6;1-3-4-2;1-2-3(4)5;1-2;;;;;;;/h3-4,7,16H,2,5-6,8H2,1H3,(H,15,17)(H,19,20);2-3,6,14H,4-5,7,13H2,1H3;2-4,11H,1H3;3H,1,4-5H2,2H3;6-7H,2-4H2,1H3;3H,1,4H2,2H3;2H2,1H3,(H,4,5);1-2H3;3*1H4;;;;. The number of hydrogen-bond donors (Lipinski definition) is 9. The van der Waals surface area contributed by atoms with Crippen molar-refractivity contribution < 1.29 is 200 Å². The number of aliphatic hydroxyl groups excluding tert-OH is 1. The van der Waals surface area contributed by atoms with Crippen LogP contribution >= 0.6 is 0 Å². The fourth-order valence-electron chi connectivity index (χ4n) is 4.42. The van der Waals surface area contributed by atoms with Crippen molar-refractivity contribution in [3.63, 3.8) is 0 Å². The quantitative estimate of drug-likeness (QED) is 0.0120. The van der Waals surface area contributed by atoms with Crippen LogP contribution in [-0.2, 0) is 159 Å². The van der Waals surface area contributed by atoms with Gasteiger partial charge >= 0.3 is 35.8 Å². The third-order valence-corrected chi connectivity index (χ3v) is 8.24. The van der Waals surface area contributed by atoms with Gasteiger partial charge in [-0.2, -0.15) is 0 Å². The van der Waals surface area contributed by atoms with Crippen LogP contribution in [0.25, 0.3) is 0 Å². The molecule has 22 nitrogen and oxygen atoms in total. The van der Waals surface area contributed by atoms with Gasteiger partial charge in [0, 0.05) is 140 Å². The number of amides is 1. The summed E-state index contributed by atoms with van der Waals surface area (Å²) in [5.74, 6) is -5.08. The smallest absolute Gasteiger partial charge is 0.341 e. The molecule has 0 aliphatic heterocycles. The van der Waals surface area contributed by atoms with E-state index in [2.05, 4.69) is 46.5 Å². The van der Waals surface area contributed by atoms with Gasteiger partial charge in [-0.3, -0.25) is 19.2 Å². The molecular formula is C56H92BN3O19W2Y2. The number of nitrogens with one attached hydrogen (secondary N) is 1. The average Bonchev–Trinajstić information content (AvgIpc) is 3.41. The third-order valence-electron chi connectivity index (χ3n) is 8.24. The average molecular weight is 1670 g/mol. The van der Waals surface area contributed by atoms with E-state index < -0.39 is 35.8 Å². The Labute approximate surface area is 572 Å². The van der Waals surface area contributed by atoms with Crippen molar-refractivity contribution in [2.45, 2.75) is 128 Å². The van der Waals surface area contributed by atoms with Crippen LogP contribution in [0.5, 0.6) is 23.0 Å². The predicted octanol–water partition coefficient (Wildman–Crippen LogP) is 8.91. The zero-order chi connectivity index (χ0) is 59.4. The molecule has 0 spiro atoms. The number of aromatic carboxylic acids is 1. The predicted molar refractivity (Wildman–Crippen MR) is 307 cm³/mol. The summed E-state index contributed by atoms with van der Waals surface area (Å²) < 4.78 is 23.1. The van der Waals surface area contributed by atoms with E-state index in [-0.39, 0.29) is 235 Å². The number of phenols is 3. The zero-order valence-corrected chi connectivity index (χ0v) is 58.8. The topological polar surface area (TPSA) is 369 Å². The molecule has 1 amide bonds. The number of hydrogen-bond acceptors (Lipinski definition) is 19. The molecule has 3 rings (SSSR count). The molecule has 0 aliphatic rings. The molecule has 3 aromatic rings. The van der Waals surface area contributed by atoms with Crippen molar-refractivity contribution in [2.24, 2.45) is 5.73 Å². The molecule has 0 aromatic heterocycles. The number of phenolic OH excluding ortho intramolecular Hbond substituents is 2. The van der Waals surface area contributed by atoms with Crippen LogP contribution in [-0.4, -0.2) is 131 Å². The third kappa shape index (κ3) is 63.5. The number of carbonyl (C=O) groups excluding carboxylic acids is 5. The SMILES string of the molecule is C.C.C.C=CCC.C=CCCC.CB(O)CCCO.CC.CCC(=O)NCCOC(=O)Cc1ccc(O)c(C(=O)O)c1.CCC(=O)O.COC(=O)c1cc(CC(=O)OCCN)ccc1O.COC(=O)c1cc(OC#N)ccc1O.[W].[W].[Y].[Y]. The number of rotatable bonds is 21. The first-order valence-corrected chi connectivity index (χ1v) is 24.0. The summed E-state index contributed by atoms with van der Waals surface area (Å²) in [6.07, 6.45) is 10.6. The summed E-state index contributed by atoms with van der Waals surface area (Å²) in [5.41, 5.74) is 5.88. The molecule has 83 heavy (non-hydrogen) atoms. The number of carboxylic acid groups (broad SMARTS) is 2. The van der Waals surface area contributed by atoms with Crippen molar-refractivity contribution >= 4 is 48.6 Å². The summed E-state index contributed by atoms with van der Waals surface area (Å²) in [4.78, 5) is 76.5. The summed E-state index contributed by atoms with van der Waals surface area (Å²) in [6, 6.07) is 12.0. The number of carboxylic acids is 2. The van der Waals surface area contributed by atoms with E-state index in [1.807, 2.05) is 26.0 Å². The minimum atomic E-state index is -1.27. The van der Waals surface area contributed by atoms with Crippen LogP contribution in [0, 0.1) is 11.5 Å². The number of esters is 4. The Hall–Kier alpha value is -4.35. The molecule has 466 valence electrons. The van der Waals surface area contributed by atoms with E-state index in [1.165, 1.54) is 81.5 Å². The summed E-state index contributed by atoms with van der Waals surface area (Å²) in [7, 11) is 2.41. The van der Waals surface area contributed by atoms with Crippen LogP contribution in [0.4, 0.5) is 0 Å². The fraction of sp³-hybridized carbons (Fsp3) is 0.464. The van der Waals surface area contributed by atoms with Crippen molar-refractivity contribution in [2.75, 3.05) is 47.1 Å². The van der Waals surface area contributed by atoms with E-state index in [0.29, 0.717) is 30.3 Å². The van der Waals surface area contributed by atoms with Gasteiger partial charge in [-0.05, 0) is 73.1 Å². The molecule has 0 aliphatic carbocycles. The van der Waals surface area contributed by atoms with Gasteiger partial charge in [0.2, 0.25) is 5.91 Å². The molecule has 3 aromatic carbocycles. The van der Waals surface area contributed by atoms with Crippen LogP contribution in [0.1, 0.15) is 145 Å². The van der Waals surface area contributed by atoms with Gasteiger partial charge < -0.3 is 70.4 Å². The van der Waals surface area contributed by atoms with Crippen LogP contribution in [0.15, 0.2) is 79.9 Å². The molecule has 27 heteroatoms. The Kier molecular flexibility index (Phi) is 94.9. The van der Waals surface area contributed by atoms with Crippen molar-refractivity contribution in [3.8, 4) is 29.3 Å². The van der Waals surface area contributed by atoms with Crippen molar-refractivity contribution in [3.05, 3.63) is 108 Å². The number of aliphatic hydroxyl groups is 1. The van der Waals surface area contributed by atoms with E-state index in [0.717, 1.165) is 12.8 Å². The van der Waals surface area contributed by atoms with Gasteiger partial charge in [-0.1, -0.05) is 101 Å². The molecule has 2 radical (unpaired) electrons. The second-order valence-corrected chi connectivity index (χ2v) is 14.4. The molecule has 0 heterocycles. The monoisotopic (exact) mass is 1670 g/mol. The molecular weight excluding hydrogens is 1570 g/mol. The van der Waals surface area contributed by atoms with Crippen LogP contribution < -0.4 is 15.8 Å². The van der Waals surface area contributed by atoms with E-state index in [1.54, 1.807) is 20.7 Å². The maximum atomic E-state index is 11.5. The minimum absolute atomic E-state index is 0. The number of carbonyl (C=O) groups is 7. The Balaban J connectivity index is -0.0000000746. The molecule has 0 fully saturated rings. The maximum absolute atomic E-state index is 11.5. The molecule has 10 N–H and O–H groups in total. The normalized spacial score (nSPS) is 8.18. The summed E-state index contributed by atoms with van der Waals surface area (Å²) in [5, 5.41) is 72.2. The number of nitrogens with two attached hydrogens (primary N) is 1. The Bertz CT molecular complexity index is 2210. The van der Waals surface area contributed by atoms with E-state index in [9.17, 15) is 48.9 Å². The Morgan fingerprint density at radius 3 is 1.43 bits per heavy atom. The number of benzene rings is 3. The van der Waals surface area contributed by atoms with Gasteiger partial charge in [-0.15, -0.1) is 18.4 Å². The molecule has 0 saturated heterocycles. The van der Waals surface area contributed by atoms with Crippen molar-refractivity contribution in [1.82, 2.24) is 5.32 Å². The number of methoxy groups -OCH3 is 2. The molecule has 0 saturated carbocycles. The van der Waals surface area contributed by atoms with Gasteiger partial charge in [-0.25, -0.2) is 14.4 Å². The number of ether oxygens (including phenoxy) is 5. The number of aliphatic carboxylic acids is 1. The van der Waals surface area contributed by atoms with Gasteiger partial charge in [0.25, 0.3) is 13.2 Å². The first-order chi connectivity index (χ1) is 36.1. The maximum Gasteiger partial charge on any atom is 0.341 e. The van der Waals surface area contributed by atoms with Gasteiger partial charge in [0.05, 0.1) is 33.6 Å². The Morgan fingerprint density at radius 2 is 1.12 bits per heavy atom. The summed E-state index contributed by atoms with van der Waals surface area (Å²) in [6.45, 7) is 20.9. The number of allylic oxidation sites excluding steroid dienone is 2. The van der Waals surface area contributed by atoms with E-state index >= 15 is 0 Å². The van der Waals surface area contributed by atoms with E-state index in [4.69, 9.17) is 40.8 Å². The molecule has 0 atom stereocenters. The van der Waals surface area contributed by atoms with Crippen LogP contribution in [0.2, 0.25) is 13.1 Å². The second kappa shape index (κ2) is 73.8. The first kappa shape index (κ1) is 107. The first-order valence-electron chi connectivity index (χ1n) is 24.0. The number of unbranched alkanes of at least 4 members (excludes halogenated alkanes) is 1. The largest absolute Gasteiger partial charge is 0.507 e. The fourth-order valence-corrected chi connectivity index (χ4v) is 4.42. The van der Waals surface area contributed by atoms with Gasteiger partial charge in [0.1, 0.15) is 52.9 Å². The zero-order valence-electron chi connectivity index (χ0n) is 47.3. The van der Waals surface area contributed by atoms with Gasteiger partial charge in [0.15, 0.2) is 0 Å². The number of nitrogens with zero attached hydrogens (tertiary/aromatic N) is 1. The second-order valence-electron chi connectivity index (χ2n) is 14.4. The molecule has 0 bridgehead atoms. The van der Waals surface area contributed by atoms with Crippen molar-refractivity contribution in [1.29, 1.82) is 5.26 Å². The molecule has 0 unspecified atom stereocenters. The Morgan fingerprint density at radius 1 is 0.711 bits per heavy atom. The minimum Gasteiger partial charge on any atom is -0.507 e.